The van der Waals surface area contributed by atoms with Crippen molar-refractivity contribution in [3.8, 4) is 0 Å². The van der Waals surface area contributed by atoms with E-state index in [0.29, 0.717) is 25.3 Å². The first-order valence-corrected chi connectivity index (χ1v) is 8.18. The number of amides is 2. The summed E-state index contributed by atoms with van der Waals surface area (Å²) in [6.07, 6.45) is -0.417. The van der Waals surface area contributed by atoms with Crippen molar-refractivity contribution in [3.63, 3.8) is 0 Å². The molecule has 1 fully saturated rings. The van der Waals surface area contributed by atoms with E-state index in [2.05, 4.69) is 15.6 Å². The van der Waals surface area contributed by atoms with E-state index in [9.17, 15) is 22.8 Å². The number of rotatable bonds is 6. The molecular formula is C16H21F3N4O2. The smallest absolute Gasteiger partial charge is 0.368 e. The zero-order chi connectivity index (χ0) is 18.3. The zero-order valence-electron chi connectivity index (χ0n) is 13.7. The minimum atomic E-state index is -4.41. The van der Waals surface area contributed by atoms with E-state index in [1.807, 2.05) is 0 Å². The molecular weight excluding hydrogens is 337 g/mol. The monoisotopic (exact) mass is 358 g/mol. The molecule has 1 aromatic rings. The second-order valence-electron chi connectivity index (χ2n) is 5.83. The van der Waals surface area contributed by atoms with Crippen LogP contribution in [0.25, 0.3) is 0 Å². The fraction of sp³-hybridized carbons (Fsp3) is 0.562. The summed E-state index contributed by atoms with van der Waals surface area (Å²) >= 11 is 0. The van der Waals surface area contributed by atoms with E-state index < -0.39 is 11.7 Å². The number of halogens is 3. The van der Waals surface area contributed by atoms with Crippen LogP contribution >= 0.6 is 0 Å². The van der Waals surface area contributed by atoms with Gasteiger partial charge in [0.1, 0.15) is 5.82 Å². The third kappa shape index (κ3) is 6.24. The Balaban J connectivity index is 1.68. The number of carbonyl (C=O) groups is 2. The highest BCUT2D eigenvalue weighted by atomic mass is 19.4. The van der Waals surface area contributed by atoms with Gasteiger partial charge in [0.25, 0.3) is 0 Å². The lowest BCUT2D eigenvalue weighted by atomic mass is 10.2. The molecule has 0 bridgehead atoms. The van der Waals surface area contributed by atoms with Gasteiger partial charge in [0.15, 0.2) is 0 Å². The molecule has 0 spiro atoms. The SMILES string of the molecule is O=C(CN1CCCCCC1=O)NCCNc1ccc(C(F)(F)F)cn1. The van der Waals surface area contributed by atoms with Crippen molar-refractivity contribution in [1.82, 2.24) is 15.2 Å². The zero-order valence-corrected chi connectivity index (χ0v) is 13.7. The molecule has 1 saturated heterocycles. The predicted molar refractivity (Wildman–Crippen MR) is 85.8 cm³/mol. The Bertz CT molecular complexity index is 590. The summed E-state index contributed by atoms with van der Waals surface area (Å²) in [5.74, 6) is 0.0436. The van der Waals surface area contributed by atoms with E-state index in [-0.39, 0.29) is 24.9 Å². The molecule has 1 aliphatic heterocycles. The average Bonchev–Trinajstić information content (AvgIpc) is 2.76. The molecule has 6 nitrogen and oxygen atoms in total. The molecule has 0 radical (unpaired) electrons. The van der Waals surface area contributed by atoms with Crippen molar-refractivity contribution in [1.29, 1.82) is 0 Å². The molecule has 0 saturated carbocycles. The summed E-state index contributed by atoms with van der Waals surface area (Å²) in [4.78, 5) is 28.9. The van der Waals surface area contributed by atoms with Gasteiger partial charge >= 0.3 is 6.18 Å². The number of hydrogen-bond acceptors (Lipinski definition) is 4. The van der Waals surface area contributed by atoms with Crippen LogP contribution < -0.4 is 10.6 Å². The van der Waals surface area contributed by atoms with E-state index in [4.69, 9.17) is 0 Å². The van der Waals surface area contributed by atoms with Crippen LogP contribution in [0.15, 0.2) is 18.3 Å². The first kappa shape index (κ1) is 19.0. The minimum Gasteiger partial charge on any atom is -0.368 e. The van der Waals surface area contributed by atoms with Gasteiger partial charge in [0.05, 0.1) is 12.1 Å². The molecule has 2 amide bonds. The minimum absolute atomic E-state index is 0.000251. The molecule has 138 valence electrons. The Morgan fingerprint density at radius 1 is 1.20 bits per heavy atom. The van der Waals surface area contributed by atoms with E-state index in [0.717, 1.165) is 31.5 Å². The van der Waals surface area contributed by atoms with Crippen LogP contribution in [0.3, 0.4) is 0 Å². The van der Waals surface area contributed by atoms with Gasteiger partial charge in [0.2, 0.25) is 11.8 Å². The Morgan fingerprint density at radius 3 is 2.68 bits per heavy atom. The summed E-state index contributed by atoms with van der Waals surface area (Å²) in [5.41, 5.74) is -0.812. The molecule has 9 heteroatoms. The quantitative estimate of drug-likeness (QED) is 0.763. The molecule has 25 heavy (non-hydrogen) atoms. The van der Waals surface area contributed by atoms with Gasteiger partial charge in [0, 0.05) is 32.3 Å². The Kier molecular flexibility index (Phi) is 6.60. The molecule has 1 aliphatic rings. The molecule has 0 unspecified atom stereocenters. The number of nitrogens with zero attached hydrogens (tertiary/aromatic N) is 2. The summed E-state index contributed by atoms with van der Waals surface area (Å²) in [6, 6.07) is 2.18. The van der Waals surface area contributed by atoms with E-state index in [1.54, 1.807) is 4.90 Å². The van der Waals surface area contributed by atoms with Gasteiger partial charge in [-0.3, -0.25) is 9.59 Å². The number of carbonyl (C=O) groups excluding carboxylic acids is 2. The predicted octanol–water partition coefficient (Wildman–Crippen LogP) is 2.03. The molecule has 0 aromatic carbocycles. The van der Waals surface area contributed by atoms with Crippen molar-refractivity contribution in [2.45, 2.75) is 31.9 Å². The number of alkyl halides is 3. The molecule has 2 rings (SSSR count). The molecule has 2 N–H and O–H groups in total. The van der Waals surface area contributed by atoms with Gasteiger partial charge in [-0.05, 0) is 25.0 Å². The van der Waals surface area contributed by atoms with Crippen LogP contribution in [0.1, 0.15) is 31.2 Å². The topological polar surface area (TPSA) is 74.3 Å². The second kappa shape index (κ2) is 8.68. The first-order valence-electron chi connectivity index (χ1n) is 8.18. The lowest BCUT2D eigenvalue weighted by molar-refractivity contribution is -0.137. The van der Waals surface area contributed by atoms with Gasteiger partial charge < -0.3 is 15.5 Å². The summed E-state index contributed by atoms with van der Waals surface area (Å²) in [5, 5.41) is 5.50. The van der Waals surface area contributed by atoms with Gasteiger partial charge in [-0.2, -0.15) is 13.2 Å². The Morgan fingerprint density at radius 2 is 2.00 bits per heavy atom. The third-order valence-electron chi connectivity index (χ3n) is 3.85. The van der Waals surface area contributed by atoms with Gasteiger partial charge in [-0.1, -0.05) is 6.42 Å². The fourth-order valence-corrected chi connectivity index (χ4v) is 2.49. The third-order valence-corrected chi connectivity index (χ3v) is 3.85. The molecule has 0 aliphatic carbocycles. The van der Waals surface area contributed by atoms with Crippen molar-refractivity contribution in [3.05, 3.63) is 23.9 Å². The first-order chi connectivity index (χ1) is 11.9. The number of hydrogen-bond donors (Lipinski definition) is 2. The van der Waals surface area contributed by atoms with Crippen LogP contribution in [0, 0.1) is 0 Å². The number of anilines is 1. The van der Waals surface area contributed by atoms with Crippen LogP contribution in [0.2, 0.25) is 0 Å². The van der Waals surface area contributed by atoms with Crippen molar-refractivity contribution >= 4 is 17.6 Å². The van der Waals surface area contributed by atoms with Gasteiger partial charge in [-0.25, -0.2) is 4.98 Å². The largest absolute Gasteiger partial charge is 0.417 e. The maximum atomic E-state index is 12.4. The maximum absolute atomic E-state index is 12.4. The lowest BCUT2D eigenvalue weighted by Crippen LogP contribution is -2.41. The van der Waals surface area contributed by atoms with Crippen LogP contribution in [0.4, 0.5) is 19.0 Å². The number of pyridine rings is 1. The Hall–Kier alpha value is -2.32. The van der Waals surface area contributed by atoms with Crippen LogP contribution in [-0.2, 0) is 15.8 Å². The second-order valence-corrected chi connectivity index (χ2v) is 5.83. The van der Waals surface area contributed by atoms with E-state index in [1.165, 1.54) is 6.07 Å². The number of nitrogens with one attached hydrogen (secondary N) is 2. The Labute approximate surface area is 143 Å². The molecule has 2 heterocycles. The molecule has 0 atom stereocenters. The van der Waals surface area contributed by atoms with Crippen LogP contribution in [-0.4, -0.2) is 47.9 Å². The number of aromatic nitrogens is 1. The average molecular weight is 358 g/mol. The molecule has 1 aromatic heterocycles. The lowest BCUT2D eigenvalue weighted by Gasteiger charge is -2.19. The highest BCUT2D eigenvalue weighted by Crippen LogP contribution is 2.28. The van der Waals surface area contributed by atoms with E-state index >= 15 is 0 Å². The van der Waals surface area contributed by atoms with Crippen LogP contribution in [0.5, 0.6) is 0 Å². The maximum Gasteiger partial charge on any atom is 0.417 e. The fourth-order valence-electron chi connectivity index (χ4n) is 2.49. The summed E-state index contributed by atoms with van der Waals surface area (Å²) in [7, 11) is 0. The summed E-state index contributed by atoms with van der Waals surface area (Å²) < 4.78 is 37.3. The normalized spacial score (nSPS) is 15.6. The van der Waals surface area contributed by atoms with Crippen molar-refractivity contribution in [2.24, 2.45) is 0 Å². The highest BCUT2D eigenvalue weighted by molar-refractivity contribution is 5.84. The van der Waals surface area contributed by atoms with Gasteiger partial charge in [-0.15, -0.1) is 0 Å². The van der Waals surface area contributed by atoms with Crippen molar-refractivity contribution < 1.29 is 22.8 Å². The standard InChI is InChI=1S/C16H21F3N4O2/c17-16(18,19)12-5-6-13(22-10-12)20-7-8-21-14(24)11-23-9-3-1-2-4-15(23)25/h5-6,10H,1-4,7-9,11H2,(H,20,22)(H,21,24). The number of likely N-dealkylation sites (tertiary alicyclic amines) is 1. The highest BCUT2D eigenvalue weighted by Gasteiger charge is 2.30. The summed E-state index contributed by atoms with van der Waals surface area (Å²) in [6.45, 7) is 1.24. The van der Waals surface area contributed by atoms with Crippen molar-refractivity contribution in [2.75, 3.05) is 31.5 Å².